The minimum absolute atomic E-state index is 0. The van der Waals surface area contributed by atoms with Gasteiger partial charge in [0.1, 0.15) is 0 Å². The Morgan fingerprint density at radius 1 is 1.33 bits per heavy atom. The molecule has 9 heavy (non-hydrogen) atoms. The van der Waals surface area contributed by atoms with Crippen molar-refractivity contribution in [2.75, 3.05) is 0 Å². The zero-order chi connectivity index (χ0) is 5.56. The van der Waals surface area contributed by atoms with Crippen LogP contribution in [0.25, 0.3) is 0 Å². The fourth-order valence-electron chi connectivity index (χ4n) is 1.86. The Morgan fingerprint density at radius 2 is 1.78 bits per heavy atom. The van der Waals surface area contributed by atoms with Crippen LogP contribution in [0.5, 0.6) is 0 Å². The molecule has 0 spiro atoms. The van der Waals surface area contributed by atoms with E-state index < -0.39 is 0 Å². The van der Waals surface area contributed by atoms with Crippen LogP contribution >= 0.6 is 0 Å². The largest absolute Gasteiger partial charge is 0.316 e. The molecule has 2 unspecified atom stereocenters. The molecular weight excluding hydrogens is 187 g/mol. The molecular formula is C7H12NY-. The van der Waals surface area contributed by atoms with Gasteiger partial charge < -0.3 is 11.2 Å². The summed E-state index contributed by atoms with van der Waals surface area (Å²) in [4.78, 5) is 0. The molecule has 2 heteroatoms. The maximum atomic E-state index is 3.49. The van der Waals surface area contributed by atoms with E-state index in [1.165, 1.54) is 19.3 Å². The molecule has 2 aliphatic heterocycles. The van der Waals surface area contributed by atoms with Crippen LogP contribution in [0.2, 0.25) is 0 Å². The fraction of sp³-hybridized carbons (Fsp3) is 0.857. The van der Waals surface area contributed by atoms with Gasteiger partial charge in [-0.3, -0.25) is 0 Å². The summed E-state index contributed by atoms with van der Waals surface area (Å²) in [5.74, 6) is 1.70. The first-order valence-corrected chi connectivity index (χ1v) is 3.42. The van der Waals surface area contributed by atoms with E-state index in [1.807, 2.05) is 0 Å². The first-order valence-electron chi connectivity index (χ1n) is 3.42. The second kappa shape index (κ2) is 2.98. The van der Waals surface area contributed by atoms with Crippen LogP contribution in [0.4, 0.5) is 0 Å². The Kier molecular flexibility index (Phi) is 2.70. The van der Waals surface area contributed by atoms with Gasteiger partial charge in [-0.1, -0.05) is 0 Å². The zero-order valence-corrected chi connectivity index (χ0v) is 8.69. The third-order valence-electron chi connectivity index (χ3n) is 2.23. The summed E-state index contributed by atoms with van der Waals surface area (Å²) in [6.45, 7) is 2.28. The molecule has 2 atom stereocenters. The summed E-state index contributed by atoms with van der Waals surface area (Å²) >= 11 is 0. The van der Waals surface area contributed by atoms with Crippen LogP contribution < -0.4 is 5.32 Å². The number of rotatable bonds is 0. The number of nitrogens with one attached hydrogen (secondary N) is 1. The zero-order valence-electron chi connectivity index (χ0n) is 5.85. The minimum Gasteiger partial charge on any atom is -0.316 e. The minimum atomic E-state index is 0. The van der Waals surface area contributed by atoms with Gasteiger partial charge in [-0.2, -0.15) is 19.8 Å². The average Bonchev–Trinajstić information content (AvgIpc) is 1.62. The van der Waals surface area contributed by atoms with Crippen LogP contribution in [0, 0.1) is 5.92 Å². The molecule has 49 valence electrons. The Morgan fingerprint density at radius 3 is 2.00 bits per heavy atom. The molecule has 3 rings (SSSR count). The summed E-state index contributed by atoms with van der Waals surface area (Å²) < 4.78 is 0. The van der Waals surface area contributed by atoms with Crippen molar-refractivity contribution in [2.45, 2.75) is 38.3 Å². The quantitative estimate of drug-likeness (QED) is 0.576. The summed E-state index contributed by atoms with van der Waals surface area (Å²) in [7, 11) is 0. The van der Waals surface area contributed by atoms with E-state index in [2.05, 4.69) is 12.2 Å². The molecule has 0 aromatic rings. The maximum absolute atomic E-state index is 3.49. The van der Waals surface area contributed by atoms with Crippen molar-refractivity contribution < 1.29 is 32.7 Å². The van der Waals surface area contributed by atoms with Crippen molar-refractivity contribution in [2.24, 2.45) is 0 Å². The third-order valence-corrected chi connectivity index (χ3v) is 2.23. The summed E-state index contributed by atoms with van der Waals surface area (Å²) in [6.07, 6.45) is 4.13. The topological polar surface area (TPSA) is 12.0 Å². The van der Waals surface area contributed by atoms with Gasteiger partial charge in [0.05, 0.1) is 0 Å². The van der Waals surface area contributed by atoms with Crippen LogP contribution in [-0.4, -0.2) is 12.1 Å². The van der Waals surface area contributed by atoms with Crippen LogP contribution in [0.3, 0.4) is 0 Å². The second-order valence-corrected chi connectivity index (χ2v) is 3.16. The first kappa shape index (κ1) is 8.16. The third kappa shape index (κ3) is 1.55. The van der Waals surface area contributed by atoms with Crippen molar-refractivity contribution >= 4 is 0 Å². The van der Waals surface area contributed by atoms with E-state index in [0.717, 1.165) is 12.1 Å². The van der Waals surface area contributed by atoms with Crippen LogP contribution in [-0.2, 0) is 32.7 Å². The van der Waals surface area contributed by atoms with Gasteiger partial charge in [-0.25, -0.2) is 0 Å². The van der Waals surface area contributed by atoms with E-state index in [-0.39, 0.29) is 32.7 Å². The molecule has 0 aromatic carbocycles. The fourth-order valence-corrected chi connectivity index (χ4v) is 1.86. The van der Waals surface area contributed by atoms with E-state index >= 15 is 0 Å². The average molecular weight is 199 g/mol. The monoisotopic (exact) mass is 199 g/mol. The van der Waals surface area contributed by atoms with Crippen molar-refractivity contribution in [1.29, 1.82) is 0 Å². The van der Waals surface area contributed by atoms with Gasteiger partial charge in [-0.05, 0) is 18.5 Å². The van der Waals surface area contributed by atoms with Crippen molar-refractivity contribution in [3.05, 3.63) is 5.92 Å². The predicted octanol–water partition coefficient (Wildman–Crippen LogP) is 1.10. The molecule has 1 aliphatic carbocycles. The van der Waals surface area contributed by atoms with E-state index in [1.54, 1.807) is 5.92 Å². The molecule has 0 aromatic heterocycles. The number of fused-ring (bicyclic) bond motifs is 2. The van der Waals surface area contributed by atoms with Gasteiger partial charge in [0.2, 0.25) is 0 Å². The van der Waals surface area contributed by atoms with E-state index in [9.17, 15) is 0 Å². The molecule has 1 saturated carbocycles. The first-order chi connectivity index (χ1) is 3.84. The Balaban J connectivity index is 0.000000405. The van der Waals surface area contributed by atoms with Crippen molar-refractivity contribution in [1.82, 2.24) is 5.32 Å². The van der Waals surface area contributed by atoms with Crippen molar-refractivity contribution in [3.63, 3.8) is 0 Å². The summed E-state index contributed by atoms with van der Waals surface area (Å²) in [5.41, 5.74) is 0. The van der Waals surface area contributed by atoms with Crippen molar-refractivity contribution in [3.8, 4) is 0 Å². The normalized spacial score (nSPS) is 41.0. The molecule has 2 heterocycles. The second-order valence-electron chi connectivity index (χ2n) is 3.16. The standard InChI is InChI=1S/C7H12N.Y/c1-5-2-6-4-7(3-5)8-6;/h6-8H,2-4H2,1H3;/q-1;. The molecule has 1 nitrogen and oxygen atoms in total. The summed E-state index contributed by atoms with van der Waals surface area (Å²) in [6, 6.07) is 1.74. The smallest absolute Gasteiger partial charge is 0 e. The Hall–Kier alpha value is 1.06. The van der Waals surface area contributed by atoms with Crippen LogP contribution in [0.1, 0.15) is 26.2 Å². The molecule has 0 amide bonds. The molecule has 2 bridgehead atoms. The number of piperidine rings is 1. The van der Waals surface area contributed by atoms with Gasteiger partial charge in [0.25, 0.3) is 0 Å². The number of hydrogen-bond acceptors (Lipinski definition) is 1. The van der Waals surface area contributed by atoms with Gasteiger partial charge >= 0.3 is 0 Å². The predicted molar refractivity (Wildman–Crippen MR) is 33.5 cm³/mol. The van der Waals surface area contributed by atoms with Gasteiger partial charge in [0, 0.05) is 32.7 Å². The number of hydrogen-bond donors (Lipinski definition) is 1. The molecule has 3 aliphatic rings. The SMILES string of the molecule is C[C-]1CC2CC(C1)N2.[Y]. The maximum Gasteiger partial charge on any atom is 0 e. The molecule has 1 radical (unpaired) electrons. The molecule has 1 N–H and O–H groups in total. The van der Waals surface area contributed by atoms with Crippen LogP contribution in [0.15, 0.2) is 0 Å². The molecule has 2 saturated heterocycles. The summed E-state index contributed by atoms with van der Waals surface area (Å²) in [5, 5.41) is 3.49. The van der Waals surface area contributed by atoms with Gasteiger partial charge in [0.15, 0.2) is 0 Å². The van der Waals surface area contributed by atoms with Gasteiger partial charge in [-0.15, -0.1) is 0 Å². The Labute approximate surface area is 81.9 Å². The molecule has 3 fully saturated rings. The Bertz CT molecular complexity index is 89.1. The van der Waals surface area contributed by atoms with E-state index in [0.29, 0.717) is 0 Å². The van der Waals surface area contributed by atoms with E-state index in [4.69, 9.17) is 0 Å².